The van der Waals surface area contributed by atoms with Crippen LogP contribution in [0.5, 0.6) is 5.75 Å². The minimum absolute atomic E-state index is 0.0235. The third-order valence-corrected chi connectivity index (χ3v) is 5.99. The van der Waals surface area contributed by atoms with E-state index in [0.29, 0.717) is 17.0 Å². The number of furan rings is 1. The fraction of sp³-hybridized carbons (Fsp3) is 0.182. The lowest BCUT2D eigenvalue weighted by atomic mass is 9.83. The molecule has 31 heavy (non-hydrogen) atoms. The van der Waals surface area contributed by atoms with Gasteiger partial charge in [-0.05, 0) is 30.7 Å². The first-order chi connectivity index (χ1) is 14.8. The Morgan fingerprint density at radius 3 is 2.71 bits per heavy atom. The highest BCUT2D eigenvalue weighted by Gasteiger charge is 2.39. The highest BCUT2D eigenvalue weighted by atomic mass is 35.5. The first-order valence-electron chi connectivity index (χ1n) is 9.30. The Morgan fingerprint density at radius 2 is 2.03 bits per heavy atom. The van der Waals surface area contributed by atoms with Gasteiger partial charge in [-0.3, -0.25) is 4.79 Å². The summed E-state index contributed by atoms with van der Waals surface area (Å²) in [7, 11) is 1.22. The standard InChI is InChI=1S/C22H18Cl2N2O5/c1-11-9-15-17(21(27)26(11)10-12-5-4-8-30-12)16(13-6-3-7-14(23)19(13)24)18(20(25)31-15)22(28)29-2/h3-9,16H,10,25H2,1-2H3/t16-/m1/s1. The Morgan fingerprint density at radius 1 is 1.26 bits per heavy atom. The summed E-state index contributed by atoms with van der Waals surface area (Å²) < 4.78 is 17.5. The summed E-state index contributed by atoms with van der Waals surface area (Å²) in [5.74, 6) is -0.991. The van der Waals surface area contributed by atoms with E-state index in [1.54, 1.807) is 43.3 Å². The molecule has 1 aliphatic rings. The van der Waals surface area contributed by atoms with Crippen LogP contribution in [0.3, 0.4) is 0 Å². The maximum atomic E-state index is 13.7. The first kappa shape index (κ1) is 21.1. The zero-order valence-corrected chi connectivity index (χ0v) is 18.2. The minimum atomic E-state index is -0.932. The van der Waals surface area contributed by atoms with E-state index in [-0.39, 0.29) is 44.9 Å². The lowest BCUT2D eigenvalue weighted by molar-refractivity contribution is -0.136. The van der Waals surface area contributed by atoms with E-state index in [9.17, 15) is 9.59 Å². The summed E-state index contributed by atoms with van der Waals surface area (Å²) >= 11 is 12.7. The number of ether oxygens (including phenoxy) is 2. The van der Waals surface area contributed by atoms with Gasteiger partial charge in [-0.25, -0.2) is 4.79 Å². The van der Waals surface area contributed by atoms with Gasteiger partial charge in [-0.2, -0.15) is 0 Å². The molecule has 0 bridgehead atoms. The van der Waals surface area contributed by atoms with Crippen molar-refractivity contribution >= 4 is 29.2 Å². The summed E-state index contributed by atoms with van der Waals surface area (Å²) in [6, 6.07) is 10.2. The number of fused-ring (bicyclic) bond motifs is 1. The van der Waals surface area contributed by atoms with E-state index in [4.69, 9.17) is 42.8 Å². The van der Waals surface area contributed by atoms with Crippen LogP contribution in [0.25, 0.3) is 0 Å². The fourth-order valence-electron chi connectivity index (χ4n) is 3.70. The summed E-state index contributed by atoms with van der Waals surface area (Å²) in [4.78, 5) is 26.3. The summed E-state index contributed by atoms with van der Waals surface area (Å²) in [6.45, 7) is 1.97. The van der Waals surface area contributed by atoms with Gasteiger partial charge in [0, 0.05) is 11.8 Å². The van der Waals surface area contributed by atoms with Crippen molar-refractivity contribution in [3.63, 3.8) is 0 Å². The highest BCUT2D eigenvalue weighted by molar-refractivity contribution is 6.42. The first-order valence-corrected chi connectivity index (χ1v) is 10.1. The van der Waals surface area contributed by atoms with Crippen LogP contribution in [0.4, 0.5) is 0 Å². The molecule has 0 unspecified atom stereocenters. The van der Waals surface area contributed by atoms with Crippen molar-refractivity contribution in [2.45, 2.75) is 19.4 Å². The molecule has 1 aromatic carbocycles. The normalized spacial score (nSPS) is 15.4. The predicted octanol–water partition coefficient (Wildman–Crippen LogP) is 3.97. The number of nitrogens with two attached hydrogens (primary N) is 1. The van der Waals surface area contributed by atoms with Crippen molar-refractivity contribution in [2.75, 3.05) is 7.11 Å². The van der Waals surface area contributed by atoms with Crippen LogP contribution in [0.2, 0.25) is 10.0 Å². The third kappa shape index (κ3) is 3.60. The molecule has 0 saturated heterocycles. The topological polar surface area (TPSA) is 96.7 Å². The predicted molar refractivity (Wildman–Crippen MR) is 115 cm³/mol. The van der Waals surface area contributed by atoms with Gasteiger partial charge in [0.2, 0.25) is 5.88 Å². The van der Waals surface area contributed by atoms with Crippen LogP contribution in [0, 0.1) is 6.92 Å². The molecule has 0 amide bonds. The average molecular weight is 461 g/mol. The number of esters is 1. The fourth-order valence-corrected chi connectivity index (χ4v) is 4.12. The van der Waals surface area contributed by atoms with E-state index in [1.807, 2.05) is 0 Å². The number of carbonyl (C=O) groups excluding carboxylic acids is 1. The molecule has 0 aliphatic carbocycles. The molecule has 0 spiro atoms. The van der Waals surface area contributed by atoms with Gasteiger partial charge < -0.3 is 24.2 Å². The van der Waals surface area contributed by atoms with Crippen molar-refractivity contribution in [2.24, 2.45) is 5.73 Å². The summed E-state index contributed by atoms with van der Waals surface area (Å²) in [6.07, 6.45) is 1.53. The van der Waals surface area contributed by atoms with Gasteiger partial charge in [-0.15, -0.1) is 0 Å². The number of pyridine rings is 1. The maximum Gasteiger partial charge on any atom is 0.340 e. The second-order valence-electron chi connectivity index (χ2n) is 6.98. The van der Waals surface area contributed by atoms with Crippen LogP contribution in [-0.4, -0.2) is 17.6 Å². The molecular formula is C22H18Cl2N2O5. The van der Waals surface area contributed by atoms with Crippen molar-refractivity contribution in [3.05, 3.63) is 97.1 Å². The molecule has 0 fully saturated rings. The van der Waals surface area contributed by atoms with Crippen LogP contribution in [0.15, 0.2) is 63.3 Å². The van der Waals surface area contributed by atoms with Gasteiger partial charge in [0.15, 0.2) is 0 Å². The second kappa shape index (κ2) is 8.17. The van der Waals surface area contributed by atoms with Crippen LogP contribution in [-0.2, 0) is 16.1 Å². The number of nitrogens with zero attached hydrogens (tertiary/aromatic N) is 1. The maximum absolute atomic E-state index is 13.7. The number of hydrogen-bond acceptors (Lipinski definition) is 6. The SMILES string of the molecule is COC(=O)C1=C(N)Oc2cc(C)n(Cc3ccco3)c(=O)c2[C@H]1c1cccc(Cl)c1Cl. The molecule has 3 aromatic rings. The molecular weight excluding hydrogens is 443 g/mol. The molecule has 4 rings (SSSR count). The second-order valence-corrected chi connectivity index (χ2v) is 7.77. The Kier molecular flexibility index (Phi) is 5.56. The smallest absolute Gasteiger partial charge is 0.340 e. The Balaban J connectivity index is 2.00. The highest BCUT2D eigenvalue weighted by Crippen LogP contribution is 2.44. The zero-order valence-electron chi connectivity index (χ0n) is 16.6. The number of carbonyl (C=O) groups is 1. The van der Waals surface area contributed by atoms with E-state index in [1.165, 1.54) is 17.9 Å². The molecule has 1 atom stereocenters. The van der Waals surface area contributed by atoms with Crippen molar-refractivity contribution < 1.29 is 18.7 Å². The van der Waals surface area contributed by atoms with Crippen LogP contribution in [0.1, 0.15) is 28.5 Å². The van der Waals surface area contributed by atoms with E-state index in [2.05, 4.69) is 0 Å². The monoisotopic (exact) mass is 460 g/mol. The van der Waals surface area contributed by atoms with Gasteiger partial charge >= 0.3 is 5.97 Å². The number of benzene rings is 1. The lowest BCUT2D eigenvalue weighted by Crippen LogP contribution is -2.35. The molecule has 160 valence electrons. The number of rotatable bonds is 4. The van der Waals surface area contributed by atoms with Gasteiger partial charge in [0.05, 0.1) is 41.4 Å². The summed E-state index contributed by atoms with van der Waals surface area (Å²) in [5.41, 5.74) is 6.97. The quantitative estimate of drug-likeness (QED) is 0.591. The third-order valence-electron chi connectivity index (χ3n) is 5.16. The molecule has 3 heterocycles. The van der Waals surface area contributed by atoms with Crippen LogP contribution < -0.4 is 16.0 Å². The van der Waals surface area contributed by atoms with E-state index >= 15 is 0 Å². The Hall–Kier alpha value is -3.16. The van der Waals surface area contributed by atoms with Crippen molar-refractivity contribution in [1.82, 2.24) is 4.57 Å². The van der Waals surface area contributed by atoms with E-state index < -0.39 is 11.9 Å². The minimum Gasteiger partial charge on any atom is -0.467 e. The molecule has 9 heteroatoms. The average Bonchev–Trinajstić information content (AvgIpc) is 3.25. The van der Waals surface area contributed by atoms with Crippen molar-refractivity contribution in [1.29, 1.82) is 0 Å². The van der Waals surface area contributed by atoms with Gasteiger partial charge in [0.1, 0.15) is 17.1 Å². The number of aromatic nitrogens is 1. The Bertz CT molecular complexity index is 1260. The molecule has 0 radical (unpaired) electrons. The number of methoxy groups -OCH3 is 1. The lowest BCUT2D eigenvalue weighted by Gasteiger charge is -2.29. The van der Waals surface area contributed by atoms with Gasteiger partial charge in [0.25, 0.3) is 5.56 Å². The van der Waals surface area contributed by atoms with Crippen molar-refractivity contribution in [3.8, 4) is 5.75 Å². The van der Waals surface area contributed by atoms with Crippen LogP contribution >= 0.6 is 23.2 Å². The van der Waals surface area contributed by atoms with E-state index in [0.717, 1.165) is 0 Å². The molecule has 2 aromatic heterocycles. The number of halogens is 2. The number of aryl methyl sites for hydroxylation is 1. The Labute approximate surface area is 187 Å². The zero-order chi connectivity index (χ0) is 22.3. The largest absolute Gasteiger partial charge is 0.467 e. The number of hydrogen-bond donors (Lipinski definition) is 1. The molecule has 1 aliphatic heterocycles. The molecule has 2 N–H and O–H groups in total. The summed E-state index contributed by atoms with van der Waals surface area (Å²) in [5, 5.41) is 0.479. The van der Waals surface area contributed by atoms with Gasteiger partial charge in [-0.1, -0.05) is 35.3 Å². The molecule has 7 nitrogen and oxygen atoms in total. The molecule has 0 saturated carbocycles.